The van der Waals surface area contributed by atoms with Crippen molar-refractivity contribution < 1.29 is 24.4 Å². The number of carbonyl (C=O) groups excluding carboxylic acids is 1. The van der Waals surface area contributed by atoms with Gasteiger partial charge in [0.15, 0.2) is 0 Å². The predicted molar refractivity (Wildman–Crippen MR) is 90.9 cm³/mol. The Hall–Kier alpha value is -3.43. The molecule has 26 heavy (non-hydrogen) atoms. The van der Waals surface area contributed by atoms with Gasteiger partial charge in [0.25, 0.3) is 0 Å². The molecule has 2 aromatic rings. The third kappa shape index (κ3) is 6.23. The number of aromatic nitrogens is 2. The Morgan fingerprint density at radius 1 is 1.27 bits per heavy atom. The summed E-state index contributed by atoms with van der Waals surface area (Å²) in [4.78, 5) is 32.3. The van der Waals surface area contributed by atoms with Crippen LogP contribution < -0.4 is 10.1 Å². The van der Waals surface area contributed by atoms with Crippen molar-refractivity contribution in [1.29, 1.82) is 0 Å². The molecule has 1 heterocycles. The average Bonchev–Trinajstić information content (AvgIpc) is 3.07. The lowest BCUT2D eigenvalue weighted by Gasteiger charge is -2.08. The molecule has 1 amide bonds. The third-order valence-electron chi connectivity index (χ3n) is 3.34. The Morgan fingerprint density at radius 3 is 2.62 bits per heavy atom. The van der Waals surface area contributed by atoms with Crippen molar-refractivity contribution in [2.75, 3.05) is 11.9 Å². The first-order valence-corrected chi connectivity index (χ1v) is 7.85. The number of carbonyl (C=O) groups is 2. The highest BCUT2D eigenvalue weighted by atomic mass is 16.6. The molecule has 0 aliphatic carbocycles. The van der Waals surface area contributed by atoms with E-state index in [-0.39, 0.29) is 31.0 Å². The molecule has 0 radical (unpaired) electrons. The van der Waals surface area contributed by atoms with Crippen LogP contribution in [0.5, 0.6) is 5.75 Å². The highest BCUT2D eigenvalue weighted by Gasteiger charge is 2.10. The molecular formula is C16H18N4O6. The molecule has 0 saturated heterocycles. The van der Waals surface area contributed by atoms with Crippen LogP contribution >= 0.6 is 0 Å². The molecule has 1 aromatic heterocycles. The molecule has 0 saturated carbocycles. The first-order valence-electron chi connectivity index (χ1n) is 7.85. The van der Waals surface area contributed by atoms with Gasteiger partial charge in [-0.1, -0.05) is 0 Å². The quantitative estimate of drug-likeness (QED) is 0.375. The minimum atomic E-state index is -0.864. The van der Waals surface area contributed by atoms with E-state index < -0.39 is 10.9 Å². The van der Waals surface area contributed by atoms with Crippen LogP contribution in [-0.4, -0.2) is 38.3 Å². The molecule has 10 heteroatoms. The third-order valence-corrected chi connectivity index (χ3v) is 3.34. The fourth-order valence-electron chi connectivity index (χ4n) is 2.06. The lowest BCUT2D eigenvalue weighted by atomic mass is 10.3. The average molecular weight is 362 g/mol. The van der Waals surface area contributed by atoms with Gasteiger partial charge in [0.2, 0.25) is 5.91 Å². The van der Waals surface area contributed by atoms with Crippen LogP contribution in [-0.2, 0) is 16.1 Å². The summed E-state index contributed by atoms with van der Waals surface area (Å²) in [7, 11) is 0. The number of nitrogens with one attached hydrogen (secondary N) is 1. The summed E-state index contributed by atoms with van der Waals surface area (Å²) in [6.07, 6.45) is 2.98. The molecule has 0 bridgehead atoms. The Morgan fingerprint density at radius 2 is 2.00 bits per heavy atom. The number of amides is 1. The van der Waals surface area contributed by atoms with Crippen LogP contribution in [0.2, 0.25) is 0 Å². The fraction of sp³-hybridized carbons (Fsp3) is 0.312. The molecule has 10 nitrogen and oxygen atoms in total. The van der Waals surface area contributed by atoms with Gasteiger partial charge in [0, 0.05) is 25.1 Å². The molecule has 1 aromatic carbocycles. The highest BCUT2D eigenvalue weighted by molar-refractivity contribution is 5.90. The largest absolute Gasteiger partial charge is 0.494 e. The van der Waals surface area contributed by atoms with Crippen molar-refractivity contribution in [3.05, 3.63) is 46.8 Å². The van der Waals surface area contributed by atoms with Gasteiger partial charge in [-0.05, 0) is 30.7 Å². The van der Waals surface area contributed by atoms with Gasteiger partial charge in [0.1, 0.15) is 18.1 Å². The number of carboxylic acids is 1. The Kier molecular flexibility index (Phi) is 6.66. The van der Waals surface area contributed by atoms with Crippen molar-refractivity contribution in [1.82, 2.24) is 9.78 Å². The molecule has 138 valence electrons. The lowest BCUT2D eigenvalue weighted by Crippen LogP contribution is -2.14. The van der Waals surface area contributed by atoms with Gasteiger partial charge >= 0.3 is 11.7 Å². The van der Waals surface area contributed by atoms with E-state index in [9.17, 15) is 19.7 Å². The standard InChI is InChI=1S/C16H18N4O6/c21-15(7-8-19-11-13(10-17-19)20(24)25)18-12-3-5-14(6-4-12)26-9-1-2-16(22)23/h3-6,10-11H,1-2,7-9H2,(H,18,21)(H,22,23). The number of anilines is 1. The first-order chi connectivity index (χ1) is 12.4. The molecule has 2 N–H and O–H groups in total. The van der Waals surface area contributed by atoms with Crippen LogP contribution in [0.15, 0.2) is 36.7 Å². The van der Waals surface area contributed by atoms with E-state index in [0.29, 0.717) is 24.5 Å². The van der Waals surface area contributed by atoms with Gasteiger partial charge in [-0.15, -0.1) is 0 Å². The van der Waals surface area contributed by atoms with E-state index in [1.54, 1.807) is 24.3 Å². The molecule has 0 unspecified atom stereocenters. The van der Waals surface area contributed by atoms with Crippen LogP contribution in [0.3, 0.4) is 0 Å². The normalized spacial score (nSPS) is 10.3. The minimum absolute atomic E-state index is 0.0492. The summed E-state index contributed by atoms with van der Waals surface area (Å²) < 4.78 is 6.74. The topological polar surface area (TPSA) is 137 Å². The first kappa shape index (κ1) is 18.9. The van der Waals surface area contributed by atoms with Crippen LogP contribution in [0.4, 0.5) is 11.4 Å². The molecular weight excluding hydrogens is 344 g/mol. The van der Waals surface area contributed by atoms with Gasteiger partial charge in [-0.2, -0.15) is 5.10 Å². The SMILES string of the molecule is O=C(O)CCCOc1ccc(NC(=O)CCn2cc([N+](=O)[O-])cn2)cc1. The van der Waals surface area contributed by atoms with Crippen molar-refractivity contribution in [3.8, 4) is 5.75 Å². The minimum Gasteiger partial charge on any atom is -0.494 e. The molecule has 0 fully saturated rings. The van der Waals surface area contributed by atoms with Crippen LogP contribution in [0, 0.1) is 10.1 Å². The maximum absolute atomic E-state index is 11.9. The number of hydrogen-bond donors (Lipinski definition) is 2. The second kappa shape index (κ2) is 9.16. The lowest BCUT2D eigenvalue weighted by molar-refractivity contribution is -0.385. The Balaban J connectivity index is 1.74. The molecule has 0 aliphatic heterocycles. The summed E-state index contributed by atoms with van der Waals surface area (Å²) in [6.45, 7) is 0.526. The number of hydrogen-bond acceptors (Lipinski definition) is 6. The second-order valence-corrected chi connectivity index (χ2v) is 5.39. The van der Waals surface area contributed by atoms with Crippen molar-refractivity contribution in [2.45, 2.75) is 25.8 Å². The number of carboxylic acid groups (broad SMARTS) is 1. The highest BCUT2D eigenvalue weighted by Crippen LogP contribution is 2.16. The number of aryl methyl sites for hydroxylation is 1. The number of aliphatic carboxylic acids is 1. The van der Waals surface area contributed by atoms with Gasteiger partial charge in [-0.3, -0.25) is 24.4 Å². The summed E-state index contributed by atoms with van der Waals surface area (Å²) in [5.74, 6) is -0.535. The molecule has 2 rings (SSSR count). The van der Waals surface area contributed by atoms with E-state index in [1.165, 1.54) is 10.9 Å². The van der Waals surface area contributed by atoms with E-state index in [0.717, 1.165) is 6.20 Å². The predicted octanol–water partition coefficient (Wildman–Crippen LogP) is 2.06. The zero-order valence-corrected chi connectivity index (χ0v) is 13.8. The fourth-order valence-corrected chi connectivity index (χ4v) is 2.06. The van der Waals surface area contributed by atoms with Gasteiger partial charge in [-0.25, -0.2) is 0 Å². The zero-order chi connectivity index (χ0) is 18.9. The maximum Gasteiger partial charge on any atom is 0.306 e. The van der Waals surface area contributed by atoms with E-state index in [1.807, 2.05) is 0 Å². The number of nitrogens with zero attached hydrogens (tertiary/aromatic N) is 3. The van der Waals surface area contributed by atoms with Crippen LogP contribution in [0.25, 0.3) is 0 Å². The number of benzene rings is 1. The van der Waals surface area contributed by atoms with Crippen LogP contribution in [0.1, 0.15) is 19.3 Å². The van der Waals surface area contributed by atoms with Gasteiger partial charge in [0.05, 0.1) is 11.5 Å². The van der Waals surface area contributed by atoms with Gasteiger partial charge < -0.3 is 15.2 Å². The second-order valence-electron chi connectivity index (χ2n) is 5.39. The molecule has 0 aliphatic rings. The smallest absolute Gasteiger partial charge is 0.306 e. The summed E-state index contributed by atoms with van der Waals surface area (Å²) in [5.41, 5.74) is 0.462. The van der Waals surface area contributed by atoms with Crippen molar-refractivity contribution in [2.24, 2.45) is 0 Å². The van der Waals surface area contributed by atoms with Crippen molar-refractivity contribution in [3.63, 3.8) is 0 Å². The zero-order valence-electron chi connectivity index (χ0n) is 13.8. The van der Waals surface area contributed by atoms with E-state index in [2.05, 4.69) is 10.4 Å². The number of nitro groups is 1. The summed E-state index contributed by atoms with van der Waals surface area (Å²) in [5, 5.41) is 25.6. The summed E-state index contributed by atoms with van der Waals surface area (Å²) >= 11 is 0. The van der Waals surface area contributed by atoms with E-state index >= 15 is 0 Å². The molecule has 0 atom stereocenters. The maximum atomic E-state index is 11.9. The number of ether oxygens (including phenoxy) is 1. The van der Waals surface area contributed by atoms with Crippen molar-refractivity contribution >= 4 is 23.3 Å². The summed E-state index contributed by atoms with van der Waals surface area (Å²) in [6, 6.07) is 6.69. The Labute approximate surface area is 148 Å². The molecule has 0 spiro atoms. The monoisotopic (exact) mass is 362 g/mol. The Bertz CT molecular complexity index is 771. The van der Waals surface area contributed by atoms with E-state index in [4.69, 9.17) is 9.84 Å². The number of rotatable bonds is 10.